The van der Waals surface area contributed by atoms with Gasteiger partial charge in [-0.3, -0.25) is 14.3 Å². The molecule has 1 fully saturated rings. The van der Waals surface area contributed by atoms with Gasteiger partial charge >= 0.3 is 0 Å². The second-order valence-corrected chi connectivity index (χ2v) is 5.57. The molecule has 1 heterocycles. The molecule has 2 N–H and O–H groups in total. The average Bonchev–Trinajstić information content (AvgIpc) is 3.22. The molecule has 0 unspecified atom stereocenters. The van der Waals surface area contributed by atoms with Crippen molar-refractivity contribution in [1.29, 1.82) is 0 Å². The standard InChI is InChI=1S/C16H18N4O2/c1-10-9-14(20(2)19-10)16(22)18-12-5-3-11(4-6-12)15(21)17-13-7-8-13/h3-6,9,13H,7-8H2,1-2H3,(H,17,21)(H,18,22). The Morgan fingerprint density at radius 2 is 1.86 bits per heavy atom. The van der Waals surface area contributed by atoms with Crippen molar-refractivity contribution in [2.75, 3.05) is 5.32 Å². The van der Waals surface area contributed by atoms with Gasteiger partial charge in [0, 0.05) is 24.3 Å². The highest BCUT2D eigenvalue weighted by molar-refractivity contribution is 6.03. The molecular weight excluding hydrogens is 280 g/mol. The van der Waals surface area contributed by atoms with E-state index in [2.05, 4.69) is 15.7 Å². The van der Waals surface area contributed by atoms with Crippen LogP contribution in [0.25, 0.3) is 0 Å². The first-order valence-electron chi connectivity index (χ1n) is 7.26. The zero-order valence-electron chi connectivity index (χ0n) is 12.6. The summed E-state index contributed by atoms with van der Waals surface area (Å²) in [6.07, 6.45) is 2.12. The maximum absolute atomic E-state index is 12.2. The Balaban J connectivity index is 1.66. The number of hydrogen-bond acceptors (Lipinski definition) is 3. The fourth-order valence-electron chi connectivity index (χ4n) is 2.22. The summed E-state index contributed by atoms with van der Waals surface area (Å²) < 4.78 is 1.54. The molecule has 2 aromatic rings. The maximum atomic E-state index is 12.2. The van der Waals surface area contributed by atoms with Gasteiger partial charge < -0.3 is 10.6 Å². The number of nitrogens with one attached hydrogen (secondary N) is 2. The summed E-state index contributed by atoms with van der Waals surface area (Å²) >= 11 is 0. The first kappa shape index (κ1) is 14.3. The maximum Gasteiger partial charge on any atom is 0.273 e. The van der Waals surface area contributed by atoms with E-state index in [0.717, 1.165) is 18.5 Å². The molecule has 22 heavy (non-hydrogen) atoms. The lowest BCUT2D eigenvalue weighted by Crippen LogP contribution is -2.25. The number of aryl methyl sites for hydroxylation is 2. The number of benzene rings is 1. The predicted octanol–water partition coefficient (Wildman–Crippen LogP) is 1.87. The van der Waals surface area contributed by atoms with Crippen LogP contribution in [-0.2, 0) is 7.05 Å². The predicted molar refractivity (Wildman–Crippen MR) is 82.8 cm³/mol. The second kappa shape index (κ2) is 5.63. The van der Waals surface area contributed by atoms with E-state index in [9.17, 15) is 9.59 Å². The third kappa shape index (κ3) is 3.16. The number of nitrogens with zero attached hydrogens (tertiary/aromatic N) is 2. The number of anilines is 1. The van der Waals surface area contributed by atoms with E-state index in [1.54, 1.807) is 42.1 Å². The molecule has 0 bridgehead atoms. The van der Waals surface area contributed by atoms with Gasteiger partial charge in [0.1, 0.15) is 5.69 Å². The minimum atomic E-state index is -0.224. The largest absolute Gasteiger partial charge is 0.349 e. The van der Waals surface area contributed by atoms with E-state index in [1.807, 2.05) is 6.92 Å². The van der Waals surface area contributed by atoms with E-state index < -0.39 is 0 Å². The van der Waals surface area contributed by atoms with E-state index in [-0.39, 0.29) is 11.8 Å². The van der Waals surface area contributed by atoms with E-state index in [1.165, 1.54) is 0 Å². The molecule has 3 rings (SSSR count). The van der Waals surface area contributed by atoms with Crippen LogP contribution < -0.4 is 10.6 Å². The third-order valence-corrected chi connectivity index (χ3v) is 3.55. The highest BCUT2D eigenvalue weighted by Crippen LogP contribution is 2.19. The van der Waals surface area contributed by atoms with Gasteiger partial charge in [-0.15, -0.1) is 0 Å². The van der Waals surface area contributed by atoms with Crippen LogP contribution in [0.3, 0.4) is 0 Å². The second-order valence-electron chi connectivity index (χ2n) is 5.57. The van der Waals surface area contributed by atoms with Crippen molar-refractivity contribution in [3.8, 4) is 0 Å². The lowest BCUT2D eigenvalue weighted by Gasteiger charge is -2.07. The van der Waals surface area contributed by atoms with Crippen molar-refractivity contribution >= 4 is 17.5 Å². The minimum Gasteiger partial charge on any atom is -0.349 e. The number of carbonyl (C=O) groups excluding carboxylic acids is 2. The van der Waals surface area contributed by atoms with Gasteiger partial charge in [-0.25, -0.2) is 0 Å². The van der Waals surface area contributed by atoms with Crippen LogP contribution in [-0.4, -0.2) is 27.6 Å². The first-order valence-corrected chi connectivity index (χ1v) is 7.26. The van der Waals surface area contributed by atoms with Gasteiger partial charge in [0.25, 0.3) is 11.8 Å². The van der Waals surface area contributed by atoms with Gasteiger partial charge in [-0.05, 0) is 50.1 Å². The summed E-state index contributed by atoms with van der Waals surface area (Å²) in [4.78, 5) is 24.1. The molecular formula is C16H18N4O2. The highest BCUT2D eigenvalue weighted by atomic mass is 16.2. The van der Waals surface area contributed by atoms with Crippen molar-refractivity contribution in [2.45, 2.75) is 25.8 Å². The molecule has 114 valence electrons. The van der Waals surface area contributed by atoms with Gasteiger partial charge in [0.15, 0.2) is 0 Å². The van der Waals surface area contributed by atoms with Gasteiger partial charge in [0.05, 0.1) is 5.69 Å². The Hall–Kier alpha value is -2.63. The SMILES string of the molecule is Cc1cc(C(=O)Nc2ccc(C(=O)NC3CC3)cc2)n(C)n1. The van der Waals surface area contributed by atoms with Gasteiger partial charge in [-0.1, -0.05) is 0 Å². The van der Waals surface area contributed by atoms with Gasteiger partial charge in [-0.2, -0.15) is 5.10 Å². The summed E-state index contributed by atoms with van der Waals surface area (Å²) in [5.41, 5.74) is 2.53. The Bertz CT molecular complexity index is 714. The molecule has 1 aromatic heterocycles. The smallest absolute Gasteiger partial charge is 0.273 e. The molecule has 6 nitrogen and oxygen atoms in total. The number of carbonyl (C=O) groups is 2. The molecule has 6 heteroatoms. The quantitative estimate of drug-likeness (QED) is 0.904. The summed E-state index contributed by atoms with van der Waals surface area (Å²) in [6.45, 7) is 1.84. The lowest BCUT2D eigenvalue weighted by molar-refractivity contribution is 0.0950. The monoisotopic (exact) mass is 298 g/mol. The molecule has 0 aliphatic heterocycles. The average molecular weight is 298 g/mol. The number of aromatic nitrogens is 2. The van der Waals surface area contributed by atoms with Crippen LogP contribution in [0.1, 0.15) is 39.4 Å². The van der Waals surface area contributed by atoms with Crippen molar-refractivity contribution in [2.24, 2.45) is 7.05 Å². The van der Waals surface area contributed by atoms with Crippen LogP contribution in [0.5, 0.6) is 0 Å². The van der Waals surface area contributed by atoms with Crippen molar-refractivity contribution < 1.29 is 9.59 Å². The molecule has 0 radical (unpaired) electrons. The summed E-state index contributed by atoms with van der Waals surface area (Å²) in [7, 11) is 1.73. The number of rotatable bonds is 4. The third-order valence-electron chi connectivity index (χ3n) is 3.55. The summed E-state index contributed by atoms with van der Waals surface area (Å²) in [5, 5.41) is 9.88. The van der Waals surface area contributed by atoms with Crippen LogP contribution in [0.4, 0.5) is 5.69 Å². The molecule has 2 amide bonds. The van der Waals surface area contributed by atoms with E-state index in [0.29, 0.717) is 23.0 Å². The van der Waals surface area contributed by atoms with Crippen molar-refractivity contribution in [3.05, 3.63) is 47.3 Å². The molecule has 1 saturated carbocycles. The Morgan fingerprint density at radius 1 is 1.18 bits per heavy atom. The molecule has 0 spiro atoms. The Labute approximate surface area is 128 Å². The van der Waals surface area contributed by atoms with E-state index >= 15 is 0 Å². The Kier molecular flexibility index (Phi) is 3.66. The normalized spacial score (nSPS) is 13.7. The molecule has 0 atom stereocenters. The zero-order chi connectivity index (χ0) is 15.7. The Morgan fingerprint density at radius 3 is 2.41 bits per heavy atom. The lowest BCUT2D eigenvalue weighted by atomic mass is 10.2. The van der Waals surface area contributed by atoms with Gasteiger partial charge in [0.2, 0.25) is 0 Å². The minimum absolute atomic E-state index is 0.0670. The molecule has 1 aromatic carbocycles. The zero-order valence-corrected chi connectivity index (χ0v) is 12.6. The number of amides is 2. The first-order chi connectivity index (χ1) is 10.5. The number of hydrogen-bond donors (Lipinski definition) is 2. The topological polar surface area (TPSA) is 76.0 Å². The van der Waals surface area contributed by atoms with Crippen LogP contribution in [0, 0.1) is 6.92 Å². The molecule has 0 saturated heterocycles. The van der Waals surface area contributed by atoms with Crippen molar-refractivity contribution in [3.63, 3.8) is 0 Å². The van der Waals surface area contributed by atoms with Crippen molar-refractivity contribution in [1.82, 2.24) is 15.1 Å². The fourth-order valence-corrected chi connectivity index (χ4v) is 2.22. The van der Waals surface area contributed by atoms with Crippen LogP contribution in [0.15, 0.2) is 30.3 Å². The highest BCUT2D eigenvalue weighted by Gasteiger charge is 2.23. The van der Waals surface area contributed by atoms with Crippen LogP contribution in [0.2, 0.25) is 0 Å². The molecule has 1 aliphatic rings. The fraction of sp³-hybridized carbons (Fsp3) is 0.312. The summed E-state index contributed by atoms with van der Waals surface area (Å²) in [5.74, 6) is -0.291. The van der Waals surface area contributed by atoms with Crippen LogP contribution >= 0.6 is 0 Å². The molecule has 1 aliphatic carbocycles. The summed E-state index contributed by atoms with van der Waals surface area (Å²) in [6, 6.07) is 8.93. The van der Waals surface area contributed by atoms with E-state index in [4.69, 9.17) is 0 Å².